The van der Waals surface area contributed by atoms with Gasteiger partial charge in [-0.3, -0.25) is 4.79 Å². The summed E-state index contributed by atoms with van der Waals surface area (Å²) in [4.78, 5) is 12.0. The highest BCUT2D eigenvalue weighted by Crippen LogP contribution is 2.13. The summed E-state index contributed by atoms with van der Waals surface area (Å²) in [5.41, 5.74) is 0.546. The minimum Gasteiger partial charge on any atom is -0.494 e. The SMILES string of the molecule is CCCCOc1ccc(C(=O)NC(C#N)CCC)cc1. The molecule has 0 heterocycles. The maximum Gasteiger partial charge on any atom is 0.252 e. The summed E-state index contributed by atoms with van der Waals surface area (Å²) >= 11 is 0. The molecule has 0 bridgehead atoms. The lowest BCUT2D eigenvalue weighted by molar-refractivity contribution is 0.0944. The Kier molecular flexibility index (Phi) is 7.20. The molecule has 1 atom stereocenters. The van der Waals surface area contributed by atoms with Crippen LogP contribution in [0, 0.1) is 11.3 Å². The van der Waals surface area contributed by atoms with Crippen LogP contribution in [0.4, 0.5) is 0 Å². The number of nitriles is 1. The van der Waals surface area contributed by atoms with Crippen molar-refractivity contribution in [2.24, 2.45) is 0 Å². The van der Waals surface area contributed by atoms with Crippen LogP contribution in [0.2, 0.25) is 0 Å². The number of amides is 1. The van der Waals surface area contributed by atoms with Crippen LogP contribution in [0.25, 0.3) is 0 Å². The van der Waals surface area contributed by atoms with Crippen molar-refractivity contribution in [3.05, 3.63) is 29.8 Å². The van der Waals surface area contributed by atoms with Gasteiger partial charge in [-0.25, -0.2) is 0 Å². The highest BCUT2D eigenvalue weighted by atomic mass is 16.5. The highest BCUT2D eigenvalue weighted by molar-refractivity contribution is 5.94. The Morgan fingerprint density at radius 1 is 1.30 bits per heavy atom. The Labute approximate surface area is 120 Å². The van der Waals surface area contributed by atoms with Crippen LogP contribution in [-0.2, 0) is 0 Å². The van der Waals surface area contributed by atoms with Crippen LogP contribution in [-0.4, -0.2) is 18.6 Å². The van der Waals surface area contributed by atoms with Crippen LogP contribution < -0.4 is 10.1 Å². The molecule has 0 aliphatic heterocycles. The maximum atomic E-state index is 12.0. The number of rotatable bonds is 8. The van der Waals surface area contributed by atoms with Crippen LogP contribution in [0.5, 0.6) is 5.75 Å². The van der Waals surface area contributed by atoms with Gasteiger partial charge >= 0.3 is 0 Å². The summed E-state index contributed by atoms with van der Waals surface area (Å²) in [6.07, 6.45) is 3.64. The molecule has 0 spiro atoms. The first kappa shape index (κ1) is 16.0. The fourth-order valence-electron chi connectivity index (χ4n) is 1.74. The van der Waals surface area contributed by atoms with E-state index in [1.807, 2.05) is 6.92 Å². The Morgan fingerprint density at radius 2 is 2.00 bits per heavy atom. The van der Waals surface area contributed by atoms with Gasteiger partial charge in [0, 0.05) is 5.56 Å². The number of hydrogen-bond donors (Lipinski definition) is 1. The van der Waals surface area contributed by atoms with Crippen molar-refractivity contribution >= 4 is 5.91 Å². The smallest absolute Gasteiger partial charge is 0.252 e. The first-order valence-corrected chi connectivity index (χ1v) is 7.14. The van der Waals surface area contributed by atoms with Crippen molar-refractivity contribution in [1.82, 2.24) is 5.32 Å². The zero-order valence-corrected chi connectivity index (χ0v) is 12.2. The van der Waals surface area contributed by atoms with Gasteiger partial charge in [0.2, 0.25) is 0 Å². The molecule has 108 valence electrons. The zero-order valence-electron chi connectivity index (χ0n) is 12.2. The van der Waals surface area contributed by atoms with Crippen LogP contribution in [0.1, 0.15) is 49.9 Å². The van der Waals surface area contributed by atoms with E-state index in [9.17, 15) is 4.79 Å². The lowest BCUT2D eigenvalue weighted by Gasteiger charge is -2.11. The molecule has 0 saturated carbocycles. The molecule has 1 aromatic carbocycles. The van der Waals surface area contributed by atoms with Gasteiger partial charge in [0.05, 0.1) is 12.7 Å². The number of carbonyl (C=O) groups excluding carboxylic acids is 1. The average molecular weight is 274 g/mol. The second kappa shape index (κ2) is 8.98. The Balaban J connectivity index is 2.55. The van der Waals surface area contributed by atoms with E-state index in [2.05, 4.69) is 18.3 Å². The normalized spacial score (nSPS) is 11.4. The third kappa shape index (κ3) is 5.31. The van der Waals surface area contributed by atoms with Gasteiger partial charge in [-0.1, -0.05) is 26.7 Å². The monoisotopic (exact) mass is 274 g/mol. The molecular weight excluding hydrogens is 252 g/mol. The second-order valence-electron chi connectivity index (χ2n) is 4.67. The minimum atomic E-state index is -0.423. The lowest BCUT2D eigenvalue weighted by atomic mass is 10.1. The summed E-state index contributed by atoms with van der Waals surface area (Å²) in [6, 6.07) is 8.68. The topological polar surface area (TPSA) is 62.1 Å². The van der Waals surface area contributed by atoms with Gasteiger partial charge in [-0.15, -0.1) is 0 Å². The third-order valence-corrected chi connectivity index (χ3v) is 2.92. The van der Waals surface area contributed by atoms with Crippen molar-refractivity contribution in [2.75, 3.05) is 6.61 Å². The number of nitrogens with zero attached hydrogens (tertiary/aromatic N) is 1. The number of nitrogens with one attached hydrogen (secondary N) is 1. The molecule has 0 fully saturated rings. The molecule has 1 aromatic rings. The molecule has 1 unspecified atom stereocenters. The van der Waals surface area contributed by atoms with Crippen molar-refractivity contribution in [3.63, 3.8) is 0 Å². The summed E-state index contributed by atoms with van der Waals surface area (Å²) < 4.78 is 5.54. The molecule has 0 saturated heterocycles. The van der Waals surface area contributed by atoms with E-state index in [1.165, 1.54) is 0 Å². The van der Waals surface area contributed by atoms with Gasteiger partial charge in [0.1, 0.15) is 11.8 Å². The molecule has 0 aromatic heterocycles. The quantitative estimate of drug-likeness (QED) is 0.740. The van der Waals surface area contributed by atoms with E-state index >= 15 is 0 Å². The maximum absolute atomic E-state index is 12.0. The van der Waals surface area contributed by atoms with E-state index in [0.717, 1.165) is 25.0 Å². The number of hydrogen-bond acceptors (Lipinski definition) is 3. The van der Waals surface area contributed by atoms with Gasteiger partial charge in [0.25, 0.3) is 5.91 Å². The summed E-state index contributed by atoms with van der Waals surface area (Å²) in [7, 11) is 0. The van der Waals surface area contributed by atoms with E-state index in [1.54, 1.807) is 24.3 Å². The summed E-state index contributed by atoms with van der Waals surface area (Å²) in [5, 5.41) is 11.6. The number of carbonyl (C=O) groups is 1. The van der Waals surface area contributed by atoms with Gasteiger partial charge in [0.15, 0.2) is 0 Å². The third-order valence-electron chi connectivity index (χ3n) is 2.92. The van der Waals surface area contributed by atoms with Crippen LogP contribution in [0.15, 0.2) is 24.3 Å². The largest absolute Gasteiger partial charge is 0.494 e. The predicted octanol–water partition coefficient (Wildman–Crippen LogP) is 3.29. The van der Waals surface area contributed by atoms with Crippen molar-refractivity contribution in [1.29, 1.82) is 5.26 Å². The summed E-state index contributed by atoms with van der Waals surface area (Å²) in [6.45, 7) is 4.78. The van der Waals surface area contributed by atoms with Crippen LogP contribution >= 0.6 is 0 Å². The fraction of sp³-hybridized carbons (Fsp3) is 0.500. The molecule has 20 heavy (non-hydrogen) atoms. The molecular formula is C16H22N2O2. The average Bonchev–Trinajstić information content (AvgIpc) is 2.47. The minimum absolute atomic E-state index is 0.217. The van der Waals surface area contributed by atoms with Gasteiger partial charge in [-0.05, 0) is 37.1 Å². The van der Waals surface area contributed by atoms with E-state index in [0.29, 0.717) is 18.6 Å². The van der Waals surface area contributed by atoms with E-state index in [4.69, 9.17) is 10.00 Å². The van der Waals surface area contributed by atoms with Gasteiger partial charge < -0.3 is 10.1 Å². The van der Waals surface area contributed by atoms with Crippen molar-refractivity contribution < 1.29 is 9.53 Å². The van der Waals surface area contributed by atoms with E-state index < -0.39 is 6.04 Å². The first-order chi connectivity index (χ1) is 9.71. The van der Waals surface area contributed by atoms with Crippen LogP contribution in [0.3, 0.4) is 0 Å². The molecule has 0 aliphatic carbocycles. The Hall–Kier alpha value is -2.02. The van der Waals surface area contributed by atoms with Gasteiger partial charge in [-0.2, -0.15) is 5.26 Å². The number of benzene rings is 1. The van der Waals surface area contributed by atoms with E-state index in [-0.39, 0.29) is 5.91 Å². The molecule has 1 amide bonds. The van der Waals surface area contributed by atoms with Crippen molar-refractivity contribution in [2.45, 2.75) is 45.6 Å². The number of ether oxygens (including phenoxy) is 1. The fourth-order valence-corrected chi connectivity index (χ4v) is 1.74. The lowest BCUT2D eigenvalue weighted by Crippen LogP contribution is -2.33. The zero-order chi connectivity index (χ0) is 14.8. The molecule has 0 aliphatic rings. The Bertz CT molecular complexity index is 449. The molecule has 1 rings (SSSR count). The molecule has 4 nitrogen and oxygen atoms in total. The predicted molar refractivity (Wildman–Crippen MR) is 78.6 cm³/mol. The van der Waals surface area contributed by atoms with Crippen molar-refractivity contribution in [3.8, 4) is 11.8 Å². The highest BCUT2D eigenvalue weighted by Gasteiger charge is 2.12. The first-order valence-electron chi connectivity index (χ1n) is 7.14. The molecule has 4 heteroatoms. The molecule has 1 N–H and O–H groups in total. The second-order valence-corrected chi connectivity index (χ2v) is 4.67. The Morgan fingerprint density at radius 3 is 2.55 bits per heavy atom. The number of unbranched alkanes of at least 4 members (excludes halogenated alkanes) is 1. The summed E-state index contributed by atoms with van der Waals surface area (Å²) in [5.74, 6) is 0.547. The molecule has 0 radical (unpaired) electrons. The standard InChI is InChI=1S/C16H22N2O2/c1-3-5-11-20-15-9-7-13(8-10-15)16(19)18-14(12-17)6-4-2/h7-10,14H,3-6,11H2,1-2H3,(H,18,19).